The lowest BCUT2D eigenvalue weighted by Crippen LogP contribution is -2.09. The van der Waals surface area contributed by atoms with E-state index in [-0.39, 0.29) is 4.90 Å². The molecule has 0 radical (unpaired) electrons. The lowest BCUT2D eigenvalue weighted by atomic mass is 10.1. The molecule has 38 heavy (non-hydrogen) atoms. The summed E-state index contributed by atoms with van der Waals surface area (Å²) in [7, 11) is 3.32. The number of benzene rings is 3. The number of alkyl halides is 3. The number of rotatable bonds is 10. The first-order valence-electron chi connectivity index (χ1n) is 11.1. The average Bonchev–Trinajstić information content (AvgIpc) is 2.90. The first-order valence-corrected chi connectivity index (χ1v) is 12.8. The van der Waals surface area contributed by atoms with Gasteiger partial charge in [0.2, 0.25) is 5.75 Å². The van der Waals surface area contributed by atoms with Crippen molar-refractivity contribution in [3.63, 3.8) is 0 Å². The summed E-state index contributed by atoms with van der Waals surface area (Å²) in [5.74, 6) is 1.46. The van der Waals surface area contributed by atoms with Crippen molar-refractivity contribution in [1.82, 2.24) is 0 Å². The fourth-order valence-corrected chi connectivity index (χ4v) is 5.12. The second-order valence-electron chi connectivity index (χ2n) is 7.98. The minimum atomic E-state index is -4.57. The van der Waals surface area contributed by atoms with Gasteiger partial charge >= 0.3 is 6.18 Å². The van der Waals surface area contributed by atoms with Crippen LogP contribution >= 0.6 is 0 Å². The van der Waals surface area contributed by atoms with Crippen molar-refractivity contribution in [2.45, 2.75) is 16.8 Å². The number of hydrogen-bond acceptors (Lipinski definition) is 7. The molecule has 0 saturated heterocycles. The Balaban J connectivity index is 2.06. The van der Waals surface area contributed by atoms with E-state index in [9.17, 15) is 21.6 Å². The minimum absolute atomic E-state index is 0.236. The molecule has 204 valence electrons. The van der Waals surface area contributed by atoms with Crippen LogP contribution in [0, 0.1) is 0 Å². The maximum Gasteiger partial charge on any atom is 0.416 e. The van der Waals surface area contributed by atoms with Crippen molar-refractivity contribution >= 4 is 22.0 Å². The Morgan fingerprint density at radius 2 is 1.24 bits per heavy atom. The molecule has 0 saturated carbocycles. The number of halogens is 3. The maximum absolute atomic E-state index is 13.2. The lowest BCUT2D eigenvalue weighted by Gasteiger charge is -2.15. The largest absolute Gasteiger partial charge is 0.493 e. The molecule has 7 nitrogen and oxygen atoms in total. The van der Waals surface area contributed by atoms with Gasteiger partial charge in [0.05, 0.1) is 51.8 Å². The molecule has 3 aromatic rings. The molecule has 0 spiro atoms. The lowest BCUT2D eigenvalue weighted by molar-refractivity contribution is -0.137. The molecule has 0 fully saturated rings. The summed E-state index contributed by atoms with van der Waals surface area (Å²) in [5.41, 5.74) is 0.584. The third kappa shape index (κ3) is 6.34. The van der Waals surface area contributed by atoms with Crippen LogP contribution in [-0.2, 0) is 21.8 Å². The van der Waals surface area contributed by atoms with Crippen molar-refractivity contribution in [1.29, 1.82) is 0 Å². The van der Waals surface area contributed by atoms with Gasteiger partial charge in [-0.05, 0) is 65.2 Å². The monoisotopic (exact) mass is 552 g/mol. The Kier molecular flexibility index (Phi) is 8.82. The summed E-state index contributed by atoms with van der Waals surface area (Å²) >= 11 is 0. The van der Waals surface area contributed by atoms with Gasteiger partial charge in [0, 0.05) is 0 Å². The SMILES string of the molecule is COc1cc(/C=C\c2cc(OC)c(OC)c(OC)c2)c(CS(=O)(=O)c2ccc(C(F)(F)F)cc2)cc1OC. The predicted molar refractivity (Wildman–Crippen MR) is 137 cm³/mol. The van der Waals surface area contributed by atoms with Gasteiger partial charge < -0.3 is 23.7 Å². The highest BCUT2D eigenvalue weighted by molar-refractivity contribution is 7.90. The van der Waals surface area contributed by atoms with E-state index in [1.54, 1.807) is 30.4 Å². The average molecular weight is 553 g/mol. The number of hydrogen-bond donors (Lipinski definition) is 0. The van der Waals surface area contributed by atoms with Crippen molar-refractivity contribution in [3.05, 3.63) is 70.8 Å². The molecule has 0 aliphatic heterocycles. The summed E-state index contributed by atoms with van der Waals surface area (Å²) in [4.78, 5) is -0.236. The highest BCUT2D eigenvalue weighted by atomic mass is 32.2. The first-order chi connectivity index (χ1) is 18.0. The zero-order valence-electron chi connectivity index (χ0n) is 21.4. The summed E-state index contributed by atoms with van der Waals surface area (Å²) in [6.45, 7) is 0. The van der Waals surface area contributed by atoms with Gasteiger partial charge in [-0.1, -0.05) is 12.2 Å². The molecule has 0 N–H and O–H groups in total. The van der Waals surface area contributed by atoms with Crippen LogP contribution in [0.15, 0.2) is 53.4 Å². The summed E-state index contributed by atoms with van der Waals surface area (Å²) in [6, 6.07) is 9.96. The van der Waals surface area contributed by atoms with Crippen LogP contribution in [0.2, 0.25) is 0 Å². The van der Waals surface area contributed by atoms with Crippen molar-refractivity contribution < 1.29 is 45.3 Å². The van der Waals surface area contributed by atoms with Gasteiger partial charge in [-0.25, -0.2) is 8.42 Å². The molecule has 0 aliphatic carbocycles. The smallest absolute Gasteiger partial charge is 0.416 e. The van der Waals surface area contributed by atoms with Crippen LogP contribution in [0.1, 0.15) is 22.3 Å². The van der Waals surface area contributed by atoms with E-state index in [0.717, 1.165) is 24.3 Å². The van der Waals surface area contributed by atoms with E-state index in [4.69, 9.17) is 23.7 Å². The molecule has 0 atom stereocenters. The normalized spacial score (nSPS) is 11.9. The minimum Gasteiger partial charge on any atom is -0.493 e. The van der Waals surface area contributed by atoms with Crippen LogP contribution < -0.4 is 23.7 Å². The van der Waals surface area contributed by atoms with Gasteiger partial charge in [0.25, 0.3) is 0 Å². The van der Waals surface area contributed by atoms with Crippen LogP contribution in [0.4, 0.5) is 13.2 Å². The molecule has 3 aromatic carbocycles. The Morgan fingerprint density at radius 1 is 0.711 bits per heavy atom. The summed E-state index contributed by atoms with van der Waals surface area (Å²) in [6.07, 6.45) is -1.17. The zero-order chi connectivity index (χ0) is 28.1. The zero-order valence-corrected chi connectivity index (χ0v) is 22.2. The van der Waals surface area contributed by atoms with Crippen molar-refractivity contribution in [2.24, 2.45) is 0 Å². The fraction of sp³-hybridized carbons (Fsp3) is 0.259. The van der Waals surface area contributed by atoms with Crippen LogP contribution in [0.3, 0.4) is 0 Å². The second kappa shape index (κ2) is 11.7. The Hall–Kier alpha value is -3.86. The molecular formula is C27H27F3O7S. The Bertz CT molecular complexity index is 1390. The van der Waals surface area contributed by atoms with E-state index in [0.29, 0.717) is 45.4 Å². The molecule has 0 aliphatic rings. The summed E-state index contributed by atoms with van der Waals surface area (Å²) in [5, 5.41) is 0. The standard InChI is InChI=1S/C27H27F3O7S/c1-33-22-14-18(7-6-17-12-24(35-3)26(37-5)25(13-17)36-4)19(15-23(22)34-2)16-38(31,32)21-10-8-20(9-11-21)27(28,29)30/h6-15H,16H2,1-5H3/b7-6-. The Labute approximate surface area is 219 Å². The maximum atomic E-state index is 13.2. The quantitative estimate of drug-likeness (QED) is 0.290. The topological polar surface area (TPSA) is 80.3 Å². The van der Waals surface area contributed by atoms with E-state index >= 15 is 0 Å². The third-order valence-electron chi connectivity index (χ3n) is 5.67. The number of sulfone groups is 1. The number of ether oxygens (including phenoxy) is 5. The Morgan fingerprint density at radius 3 is 1.71 bits per heavy atom. The second-order valence-corrected chi connectivity index (χ2v) is 9.97. The van der Waals surface area contributed by atoms with E-state index in [1.807, 2.05) is 0 Å². The van der Waals surface area contributed by atoms with Gasteiger partial charge in [0.15, 0.2) is 32.8 Å². The van der Waals surface area contributed by atoms with Gasteiger partial charge in [-0.3, -0.25) is 0 Å². The molecule has 0 heterocycles. The third-order valence-corrected chi connectivity index (χ3v) is 7.36. The molecule has 0 amide bonds. The van der Waals surface area contributed by atoms with Crippen LogP contribution in [0.25, 0.3) is 12.2 Å². The van der Waals surface area contributed by atoms with Crippen LogP contribution in [-0.4, -0.2) is 44.0 Å². The van der Waals surface area contributed by atoms with E-state index in [2.05, 4.69) is 0 Å². The molecule has 3 rings (SSSR count). The predicted octanol–water partition coefficient (Wildman–Crippen LogP) is 5.89. The summed E-state index contributed by atoms with van der Waals surface area (Å²) < 4.78 is 91.9. The fourth-order valence-electron chi connectivity index (χ4n) is 3.74. The van der Waals surface area contributed by atoms with Crippen LogP contribution in [0.5, 0.6) is 28.7 Å². The van der Waals surface area contributed by atoms with Crippen molar-refractivity contribution in [3.8, 4) is 28.7 Å². The van der Waals surface area contributed by atoms with E-state index in [1.165, 1.54) is 41.6 Å². The molecular weight excluding hydrogens is 525 g/mol. The number of methoxy groups -OCH3 is 5. The highest BCUT2D eigenvalue weighted by Crippen LogP contribution is 2.39. The molecule has 0 bridgehead atoms. The van der Waals surface area contributed by atoms with Gasteiger partial charge in [0.1, 0.15) is 0 Å². The van der Waals surface area contributed by atoms with Gasteiger partial charge in [-0.2, -0.15) is 13.2 Å². The molecule has 0 unspecified atom stereocenters. The van der Waals surface area contributed by atoms with E-state index < -0.39 is 27.3 Å². The first kappa shape index (κ1) is 28.7. The van der Waals surface area contributed by atoms with Gasteiger partial charge in [-0.15, -0.1) is 0 Å². The molecule has 11 heteroatoms. The van der Waals surface area contributed by atoms with Crippen molar-refractivity contribution in [2.75, 3.05) is 35.5 Å². The molecule has 0 aromatic heterocycles. The highest BCUT2D eigenvalue weighted by Gasteiger charge is 2.31.